The van der Waals surface area contributed by atoms with E-state index >= 15 is 0 Å². The fraction of sp³-hybridized carbons (Fsp3) is 0.200. The molecule has 0 unspecified atom stereocenters. The second kappa shape index (κ2) is 2.01. The molecule has 1 heteroatoms. The highest BCUT2D eigenvalue weighted by Gasteiger charge is 1.90. The summed E-state index contributed by atoms with van der Waals surface area (Å²) in [5, 5.41) is 2.99. The minimum Gasteiger partial charge on any atom is 0.0120 e. The summed E-state index contributed by atoms with van der Waals surface area (Å²) >= 11 is 1.70. The maximum atomic E-state index is 2.99. The number of thioether (sulfide) groups is 1. The largest absolute Gasteiger partial charge is 0.167 e. The molecule has 1 rings (SSSR count). The molecule has 30 valence electrons. The smallest absolute Gasteiger partial charge is 0.0120 e. The van der Waals surface area contributed by atoms with Crippen molar-refractivity contribution in [2.45, 2.75) is 0 Å². The van der Waals surface area contributed by atoms with Crippen LogP contribution in [-0.2, 0) is 0 Å². The Hall–Kier alpha value is -0.260. The third kappa shape index (κ3) is 0.852. The topological polar surface area (TPSA) is 0 Å². The molecule has 0 aromatic heterocycles. The summed E-state index contributed by atoms with van der Waals surface area (Å²) in [6.07, 6.45) is 6.05. The molecule has 1 heterocycles. The van der Waals surface area contributed by atoms with E-state index in [1.165, 1.54) is 0 Å². The molecule has 6 heavy (non-hydrogen) atoms. The van der Waals surface area contributed by atoms with Gasteiger partial charge >= 0.3 is 0 Å². The first-order chi connectivity index (χ1) is 3.00. The van der Waals surface area contributed by atoms with Crippen molar-refractivity contribution >= 4 is 11.8 Å². The predicted molar refractivity (Wildman–Crippen MR) is 29.4 cm³/mol. The Balaban J connectivity index is 2.46. The van der Waals surface area contributed by atoms with Gasteiger partial charge in [0.1, 0.15) is 5.41 Å². The highest BCUT2D eigenvalue weighted by atomic mass is 32.2. The van der Waals surface area contributed by atoms with E-state index in [1.807, 2.05) is 12.2 Å². The third-order valence-corrected chi connectivity index (χ3v) is 1.23. The zero-order valence-electron chi connectivity index (χ0n) is 3.35. The fourth-order valence-corrected chi connectivity index (χ4v) is 0.786. The summed E-state index contributed by atoms with van der Waals surface area (Å²) in [5.74, 6) is 1.09. The van der Waals surface area contributed by atoms with E-state index < -0.39 is 0 Å². The van der Waals surface area contributed by atoms with Gasteiger partial charge in [-0.3, -0.25) is 0 Å². The maximum Gasteiger partial charge on any atom is 0.167 e. The summed E-state index contributed by atoms with van der Waals surface area (Å²) < 4.78 is 0. The fourth-order valence-electron chi connectivity index (χ4n) is 0.307. The van der Waals surface area contributed by atoms with Crippen molar-refractivity contribution in [2.75, 3.05) is 5.75 Å². The van der Waals surface area contributed by atoms with Crippen LogP contribution in [0.3, 0.4) is 0 Å². The number of allylic oxidation sites excluding steroid dienone is 2. The van der Waals surface area contributed by atoms with Crippen LogP contribution in [-0.4, -0.2) is 5.75 Å². The molecule has 0 aliphatic carbocycles. The molecule has 0 aromatic carbocycles. The lowest BCUT2D eigenvalue weighted by atomic mass is 10.5. The van der Waals surface area contributed by atoms with Crippen molar-refractivity contribution in [1.82, 2.24) is 0 Å². The number of hydrogen-bond donors (Lipinski definition) is 0. The van der Waals surface area contributed by atoms with Crippen molar-refractivity contribution in [1.29, 1.82) is 0 Å². The Kier molecular flexibility index (Phi) is 1.31. The molecule has 0 saturated carbocycles. The lowest BCUT2D eigenvalue weighted by Gasteiger charge is -1.75. The zero-order chi connectivity index (χ0) is 4.24. The average Bonchev–Trinajstić information content (AvgIpc) is 1.72. The van der Waals surface area contributed by atoms with Gasteiger partial charge in [-0.1, -0.05) is 0 Å². The van der Waals surface area contributed by atoms with E-state index in [9.17, 15) is 0 Å². The van der Waals surface area contributed by atoms with Gasteiger partial charge in [0.25, 0.3) is 0 Å². The summed E-state index contributed by atoms with van der Waals surface area (Å²) in [6, 6.07) is 0. The molecule has 0 saturated heterocycles. The van der Waals surface area contributed by atoms with Crippen molar-refractivity contribution in [2.24, 2.45) is 0 Å². The van der Waals surface area contributed by atoms with Crippen molar-refractivity contribution in [3.63, 3.8) is 0 Å². The van der Waals surface area contributed by atoms with Crippen molar-refractivity contribution in [3.05, 3.63) is 23.6 Å². The van der Waals surface area contributed by atoms with Gasteiger partial charge in [-0.2, -0.15) is 0 Å². The van der Waals surface area contributed by atoms with E-state index in [-0.39, 0.29) is 0 Å². The van der Waals surface area contributed by atoms with Crippen molar-refractivity contribution < 1.29 is 0 Å². The van der Waals surface area contributed by atoms with Gasteiger partial charge in [0.2, 0.25) is 0 Å². The van der Waals surface area contributed by atoms with Gasteiger partial charge in [-0.05, 0) is 0 Å². The Morgan fingerprint density at radius 1 is 1.67 bits per heavy atom. The standard InChI is InChI=1S/C5H5S/c1-2-4-6-5-3-1/h1-3H,4H2/q+1. The Labute approximate surface area is 41.9 Å². The number of rotatable bonds is 0. The molecule has 0 aromatic rings. The molecule has 0 atom stereocenters. The molecular formula is C5H5S+. The van der Waals surface area contributed by atoms with Crippen LogP contribution in [0.2, 0.25) is 0 Å². The first-order valence-corrected chi connectivity index (χ1v) is 2.84. The Bertz CT molecular complexity index is 69.9. The van der Waals surface area contributed by atoms with Crippen LogP contribution in [0, 0.1) is 5.41 Å². The zero-order valence-corrected chi connectivity index (χ0v) is 4.16. The second-order valence-electron chi connectivity index (χ2n) is 1.02. The molecule has 0 N–H and O–H groups in total. The summed E-state index contributed by atoms with van der Waals surface area (Å²) in [5.41, 5.74) is 0. The molecule has 1 aliphatic heterocycles. The third-order valence-electron chi connectivity index (χ3n) is 0.563. The van der Waals surface area contributed by atoms with Crippen LogP contribution < -0.4 is 0 Å². The van der Waals surface area contributed by atoms with E-state index in [4.69, 9.17) is 0 Å². The molecule has 0 spiro atoms. The van der Waals surface area contributed by atoms with Crippen LogP contribution in [0.4, 0.5) is 0 Å². The van der Waals surface area contributed by atoms with Crippen LogP contribution in [0.1, 0.15) is 0 Å². The Morgan fingerprint density at radius 2 is 2.67 bits per heavy atom. The minimum atomic E-state index is 1.09. The monoisotopic (exact) mass is 97.0 g/mol. The van der Waals surface area contributed by atoms with E-state index in [2.05, 4.69) is 11.5 Å². The first kappa shape index (κ1) is 3.91. The van der Waals surface area contributed by atoms with Gasteiger partial charge < -0.3 is 0 Å². The minimum absolute atomic E-state index is 1.09. The predicted octanol–water partition coefficient (Wildman–Crippen LogP) is 1.61. The lowest BCUT2D eigenvalue weighted by Crippen LogP contribution is -1.68. The van der Waals surface area contributed by atoms with Gasteiger partial charge in [0.05, 0.1) is 11.8 Å². The average molecular weight is 97.2 g/mol. The molecule has 1 aliphatic rings. The molecular weight excluding hydrogens is 92.1 g/mol. The van der Waals surface area contributed by atoms with E-state index in [0.717, 1.165) is 5.75 Å². The van der Waals surface area contributed by atoms with Crippen LogP contribution >= 0.6 is 11.8 Å². The molecule has 0 nitrogen and oxygen atoms in total. The quantitative estimate of drug-likeness (QED) is 0.414. The van der Waals surface area contributed by atoms with Gasteiger partial charge in [0.15, 0.2) is 6.08 Å². The second-order valence-corrected chi connectivity index (χ2v) is 1.88. The lowest BCUT2D eigenvalue weighted by molar-refractivity contribution is 1.73. The number of hydrogen-bond acceptors (Lipinski definition) is 1. The van der Waals surface area contributed by atoms with Crippen molar-refractivity contribution in [3.8, 4) is 0 Å². The van der Waals surface area contributed by atoms with E-state index in [0.29, 0.717) is 0 Å². The molecule has 0 radical (unpaired) electrons. The van der Waals surface area contributed by atoms with E-state index in [1.54, 1.807) is 11.8 Å². The highest BCUT2D eigenvalue weighted by Crippen LogP contribution is 2.04. The summed E-state index contributed by atoms with van der Waals surface area (Å²) in [4.78, 5) is 0. The van der Waals surface area contributed by atoms with Gasteiger partial charge in [-0.15, -0.1) is 0 Å². The van der Waals surface area contributed by atoms with Crippen LogP contribution in [0.5, 0.6) is 0 Å². The Morgan fingerprint density at radius 3 is 2.83 bits per heavy atom. The highest BCUT2D eigenvalue weighted by molar-refractivity contribution is 8.01. The maximum absolute atomic E-state index is 2.99. The normalized spacial score (nSPS) is 17.3. The molecule has 0 fully saturated rings. The summed E-state index contributed by atoms with van der Waals surface area (Å²) in [6.45, 7) is 0. The summed E-state index contributed by atoms with van der Waals surface area (Å²) in [7, 11) is 0. The van der Waals surface area contributed by atoms with Gasteiger partial charge in [0, 0.05) is 17.8 Å². The van der Waals surface area contributed by atoms with Crippen LogP contribution in [0.25, 0.3) is 0 Å². The molecule has 0 bridgehead atoms. The van der Waals surface area contributed by atoms with Crippen LogP contribution in [0.15, 0.2) is 18.2 Å². The molecule has 0 amide bonds. The SMILES string of the molecule is [C+]1=CC=CCS1. The first-order valence-electron chi connectivity index (χ1n) is 1.86. The van der Waals surface area contributed by atoms with Gasteiger partial charge in [-0.25, -0.2) is 0 Å².